The maximum atomic E-state index is 13.6. The molecule has 36 heavy (non-hydrogen) atoms. The summed E-state index contributed by atoms with van der Waals surface area (Å²) in [5, 5.41) is 22.4. The molecular weight excluding hydrogens is 462 g/mol. The molecule has 1 aromatic heterocycles. The number of nitrogens with zero attached hydrogens (tertiary/aromatic N) is 1. The lowest BCUT2D eigenvalue weighted by molar-refractivity contribution is -0.0230. The normalized spacial score (nSPS) is 22.4. The fraction of sp³-hybridized carbons (Fsp3) is 0.630. The predicted octanol–water partition coefficient (Wildman–Crippen LogP) is 3.06. The maximum Gasteiger partial charge on any atom is 0.196 e. The standard InChI is InChI=1S/C27H37N3O6/c1-26(2,33)21-11-16-18(36-21)13-19-22(23(16)34-15-7-3-4-8-15)17(31)12-20(35-19)24(32)27(9-5-6-10-27)14-30-25(28)29/h12-13,15,21,24,32-33H,3-11,14H2,1-2H3,(H4,28,29,30)/t21-,24+/m1/s1. The quantitative estimate of drug-likeness (QED) is 0.335. The number of hydrogen-bond acceptors (Lipinski definition) is 7. The van der Waals surface area contributed by atoms with Gasteiger partial charge in [0.2, 0.25) is 0 Å². The van der Waals surface area contributed by atoms with Crippen molar-refractivity contribution in [2.75, 3.05) is 6.54 Å². The third kappa shape index (κ3) is 4.54. The van der Waals surface area contributed by atoms with E-state index < -0.39 is 23.2 Å². The van der Waals surface area contributed by atoms with Crippen molar-refractivity contribution in [3.8, 4) is 11.5 Å². The van der Waals surface area contributed by atoms with Crippen molar-refractivity contribution in [2.45, 2.75) is 95.5 Å². The third-order valence-corrected chi connectivity index (χ3v) is 8.11. The van der Waals surface area contributed by atoms with Crippen molar-refractivity contribution in [3.05, 3.63) is 33.7 Å². The van der Waals surface area contributed by atoms with Gasteiger partial charge in [0.25, 0.3) is 0 Å². The Labute approximate surface area is 210 Å². The van der Waals surface area contributed by atoms with E-state index in [2.05, 4.69) is 4.99 Å². The molecule has 0 radical (unpaired) electrons. The molecule has 0 amide bonds. The van der Waals surface area contributed by atoms with Crippen LogP contribution >= 0.6 is 0 Å². The Morgan fingerprint density at radius 1 is 1.22 bits per heavy atom. The summed E-state index contributed by atoms with van der Waals surface area (Å²) < 4.78 is 18.8. The third-order valence-electron chi connectivity index (χ3n) is 8.11. The van der Waals surface area contributed by atoms with Crippen LogP contribution in [-0.2, 0) is 6.42 Å². The van der Waals surface area contributed by atoms with Gasteiger partial charge in [-0.05, 0) is 52.4 Å². The number of benzene rings is 1. The highest BCUT2D eigenvalue weighted by molar-refractivity contribution is 5.88. The van der Waals surface area contributed by atoms with Gasteiger partial charge in [-0.15, -0.1) is 0 Å². The lowest BCUT2D eigenvalue weighted by Gasteiger charge is -2.32. The van der Waals surface area contributed by atoms with Crippen LogP contribution in [0.2, 0.25) is 0 Å². The zero-order valence-electron chi connectivity index (χ0n) is 21.1. The zero-order valence-corrected chi connectivity index (χ0v) is 21.1. The Balaban J connectivity index is 1.60. The molecule has 6 N–H and O–H groups in total. The first kappa shape index (κ1) is 24.9. The average Bonchev–Trinajstić information content (AvgIpc) is 3.57. The van der Waals surface area contributed by atoms with Crippen LogP contribution in [0.3, 0.4) is 0 Å². The molecule has 0 saturated heterocycles. The van der Waals surface area contributed by atoms with Gasteiger partial charge in [0.1, 0.15) is 40.4 Å². The summed E-state index contributed by atoms with van der Waals surface area (Å²) >= 11 is 0. The predicted molar refractivity (Wildman–Crippen MR) is 136 cm³/mol. The number of aliphatic hydroxyl groups is 2. The van der Waals surface area contributed by atoms with Crippen molar-refractivity contribution in [2.24, 2.45) is 21.9 Å². The minimum absolute atomic E-state index is 0.0203. The molecular formula is C27H37N3O6. The van der Waals surface area contributed by atoms with E-state index in [9.17, 15) is 15.0 Å². The molecule has 2 aliphatic carbocycles. The molecule has 2 saturated carbocycles. The van der Waals surface area contributed by atoms with Gasteiger partial charge < -0.3 is 35.6 Å². The van der Waals surface area contributed by atoms with Gasteiger partial charge in [0.05, 0.1) is 18.2 Å². The lowest BCUT2D eigenvalue weighted by Crippen LogP contribution is -2.39. The van der Waals surface area contributed by atoms with Crippen LogP contribution < -0.4 is 26.4 Å². The molecule has 9 heteroatoms. The van der Waals surface area contributed by atoms with E-state index in [0.717, 1.165) is 56.9 Å². The number of hydrogen-bond donors (Lipinski definition) is 4. The zero-order chi connectivity index (χ0) is 25.7. The second-order valence-electron chi connectivity index (χ2n) is 11.3. The Morgan fingerprint density at radius 3 is 2.56 bits per heavy atom. The SMILES string of the molecule is CC(C)(O)[C@H]1Cc2c(cc3oc([C@H](O)C4(CN=C(N)N)CCCC4)cc(=O)c3c2OC2CCCC2)O1. The summed E-state index contributed by atoms with van der Waals surface area (Å²) in [5.41, 5.74) is 10.3. The number of rotatable bonds is 7. The fourth-order valence-corrected chi connectivity index (χ4v) is 5.98. The summed E-state index contributed by atoms with van der Waals surface area (Å²) in [6.07, 6.45) is 6.29. The molecule has 2 fully saturated rings. The van der Waals surface area contributed by atoms with Gasteiger partial charge in [0.15, 0.2) is 11.4 Å². The van der Waals surface area contributed by atoms with Crippen LogP contribution in [0, 0.1) is 5.41 Å². The van der Waals surface area contributed by atoms with Crippen molar-refractivity contribution in [1.29, 1.82) is 0 Å². The molecule has 2 atom stereocenters. The van der Waals surface area contributed by atoms with Crippen molar-refractivity contribution in [3.63, 3.8) is 0 Å². The van der Waals surface area contributed by atoms with E-state index in [4.69, 9.17) is 25.4 Å². The summed E-state index contributed by atoms with van der Waals surface area (Å²) in [7, 11) is 0. The number of aliphatic hydroxyl groups excluding tert-OH is 1. The summed E-state index contributed by atoms with van der Waals surface area (Å²) in [6, 6.07) is 3.06. The first-order valence-electron chi connectivity index (χ1n) is 13.0. The number of fused-ring (bicyclic) bond motifs is 2. The number of ether oxygens (including phenoxy) is 2. The first-order chi connectivity index (χ1) is 17.1. The average molecular weight is 500 g/mol. The molecule has 1 aliphatic heterocycles. The van der Waals surface area contributed by atoms with Crippen LogP contribution in [0.25, 0.3) is 11.0 Å². The van der Waals surface area contributed by atoms with E-state index in [1.165, 1.54) is 6.07 Å². The van der Waals surface area contributed by atoms with Gasteiger partial charge in [-0.1, -0.05) is 12.8 Å². The summed E-state index contributed by atoms with van der Waals surface area (Å²) in [4.78, 5) is 17.7. The molecule has 0 bridgehead atoms. The molecule has 3 aliphatic rings. The van der Waals surface area contributed by atoms with Crippen molar-refractivity contribution in [1.82, 2.24) is 0 Å². The minimum Gasteiger partial charge on any atom is -0.489 e. The number of guanidine groups is 1. The van der Waals surface area contributed by atoms with Gasteiger partial charge >= 0.3 is 0 Å². The largest absolute Gasteiger partial charge is 0.489 e. The van der Waals surface area contributed by atoms with E-state index in [1.807, 2.05) is 0 Å². The molecule has 0 spiro atoms. The highest BCUT2D eigenvalue weighted by Gasteiger charge is 2.43. The molecule has 2 heterocycles. The Morgan fingerprint density at radius 2 is 1.92 bits per heavy atom. The topological polar surface area (TPSA) is 154 Å². The van der Waals surface area contributed by atoms with Gasteiger partial charge in [-0.25, -0.2) is 0 Å². The van der Waals surface area contributed by atoms with E-state index in [1.54, 1.807) is 19.9 Å². The second kappa shape index (κ2) is 9.27. The molecule has 9 nitrogen and oxygen atoms in total. The Hall–Kier alpha value is -2.78. The van der Waals surface area contributed by atoms with Crippen LogP contribution in [0.1, 0.15) is 82.6 Å². The van der Waals surface area contributed by atoms with Gasteiger partial charge in [-0.2, -0.15) is 0 Å². The lowest BCUT2D eigenvalue weighted by atomic mass is 9.79. The monoisotopic (exact) mass is 499 g/mol. The van der Waals surface area contributed by atoms with Gasteiger partial charge in [-0.3, -0.25) is 9.79 Å². The maximum absolute atomic E-state index is 13.6. The molecule has 196 valence electrons. The first-order valence-corrected chi connectivity index (χ1v) is 13.0. The van der Waals surface area contributed by atoms with E-state index in [-0.39, 0.29) is 29.8 Å². The highest BCUT2D eigenvalue weighted by atomic mass is 16.5. The van der Waals surface area contributed by atoms with E-state index in [0.29, 0.717) is 28.9 Å². The van der Waals surface area contributed by atoms with Crippen molar-refractivity contribution < 1.29 is 24.1 Å². The second-order valence-corrected chi connectivity index (χ2v) is 11.3. The Kier molecular flexibility index (Phi) is 6.41. The van der Waals surface area contributed by atoms with Crippen LogP contribution in [0.5, 0.6) is 11.5 Å². The summed E-state index contributed by atoms with van der Waals surface area (Å²) in [5.74, 6) is 1.17. The van der Waals surface area contributed by atoms with Crippen LogP contribution in [0.4, 0.5) is 0 Å². The van der Waals surface area contributed by atoms with Crippen LogP contribution in [-0.4, -0.2) is 40.5 Å². The van der Waals surface area contributed by atoms with Crippen LogP contribution in [0.15, 0.2) is 26.3 Å². The summed E-state index contributed by atoms with van der Waals surface area (Å²) in [6.45, 7) is 3.67. The highest BCUT2D eigenvalue weighted by Crippen LogP contribution is 2.49. The Bertz CT molecular complexity index is 1210. The minimum atomic E-state index is -1.07. The number of nitrogens with two attached hydrogens (primary N) is 2. The fourth-order valence-electron chi connectivity index (χ4n) is 5.98. The van der Waals surface area contributed by atoms with E-state index >= 15 is 0 Å². The molecule has 0 unspecified atom stereocenters. The van der Waals surface area contributed by atoms with Gasteiger partial charge in [0, 0.05) is 29.5 Å². The number of aliphatic imine (C=N–C) groups is 1. The smallest absolute Gasteiger partial charge is 0.196 e. The molecule has 5 rings (SSSR count). The van der Waals surface area contributed by atoms with Crippen molar-refractivity contribution >= 4 is 16.9 Å². The molecule has 1 aromatic carbocycles. The molecule has 2 aromatic rings.